The van der Waals surface area contributed by atoms with E-state index in [2.05, 4.69) is 16.8 Å². The average Bonchev–Trinajstić information content (AvgIpc) is 3.31. The fraction of sp³-hybridized carbons (Fsp3) is 0.611. The number of benzene rings is 1. The zero-order chi connectivity index (χ0) is 16.2. The third-order valence-electron chi connectivity index (χ3n) is 4.66. The van der Waals surface area contributed by atoms with Gasteiger partial charge in [0.25, 0.3) is 0 Å². The van der Waals surface area contributed by atoms with Crippen molar-refractivity contribution in [2.45, 2.75) is 25.5 Å². The van der Waals surface area contributed by atoms with Gasteiger partial charge in [-0.3, -0.25) is 9.69 Å². The van der Waals surface area contributed by atoms with Gasteiger partial charge in [-0.05, 0) is 43.5 Å². The lowest BCUT2D eigenvalue weighted by Gasteiger charge is -2.34. The van der Waals surface area contributed by atoms with Gasteiger partial charge in [0, 0.05) is 38.3 Å². The van der Waals surface area contributed by atoms with Crippen molar-refractivity contribution < 1.29 is 9.53 Å². The van der Waals surface area contributed by atoms with Crippen LogP contribution in [0.2, 0.25) is 0 Å². The van der Waals surface area contributed by atoms with Crippen LogP contribution in [0.5, 0.6) is 0 Å². The van der Waals surface area contributed by atoms with E-state index in [1.165, 1.54) is 18.4 Å². The van der Waals surface area contributed by atoms with E-state index >= 15 is 0 Å². The van der Waals surface area contributed by atoms with Crippen LogP contribution >= 0.6 is 0 Å². The van der Waals surface area contributed by atoms with Crippen molar-refractivity contribution in [3.8, 4) is 0 Å². The Balaban J connectivity index is 1.60. The number of likely N-dealkylation sites (N-methyl/N-ethyl adjacent to an activating group) is 1. The Morgan fingerprint density at radius 3 is 2.65 bits per heavy atom. The van der Waals surface area contributed by atoms with Crippen LogP contribution in [0.1, 0.15) is 28.8 Å². The molecule has 5 nitrogen and oxygen atoms in total. The molecule has 1 aromatic rings. The van der Waals surface area contributed by atoms with E-state index in [4.69, 9.17) is 10.5 Å². The highest BCUT2D eigenvalue weighted by atomic mass is 16.5. The van der Waals surface area contributed by atoms with Crippen LogP contribution in [-0.4, -0.2) is 61.6 Å². The lowest BCUT2D eigenvalue weighted by Crippen LogP contribution is -2.46. The summed E-state index contributed by atoms with van der Waals surface area (Å²) >= 11 is 0. The first-order valence-electron chi connectivity index (χ1n) is 8.51. The molecule has 1 amide bonds. The van der Waals surface area contributed by atoms with Gasteiger partial charge in [-0.1, -0.05) is 12.1 Å². The van der Waals surface area contributed by atoms with Gasteiger partial charge in [-0.15, -0.1) is 0 Å². The van der Waals surface area contributed by atoms with E-state index in [9.17, 15) is 4.79 Å². The van der Waals surface area contributed by atoms with Crippen molar-refractivity contribution in [1.82, 2.24) is 9.80 Å². The molecule has 1 aliphatic heterocycles. The zero-order valence-electron chi connectivity index (χ0n) is 13.9. The summed E-state index contributed by atoms with van der Waals surface area (Å²) in [4.78, 5) is 16.0. The Morgan fingerprint density at radius 2 is 2.04 bits per heavy atom. The fourth-order valence-corrected chi connectivity index (χ4v) is 3.17. The minimum Gasteiger partial charge on any atom is -0.374 e. The van der Waals surface area contributed by atoms with Gasteiger partial charge >= 0.3 is 0 Å². The van der Waals surface area contributed by atoms with Crippen LogP contribution in [0.3, 0.4) is 0 Å². The molecule has 126 valence electrons. The van der Waals surface area contributed by atoms with Crippen LogP contribution in [0.15, 0.2) is 24.3 Å². The Morgan fingerprint density at radius 1 is 1.30 bits per heavy atom. The third kappa shape index (κ3) is 5.03. The average molecular weight is 317 g/mol. The highest BCUT2D eigenvalue weighted by Crippen LogP contribution is 2.30. The van der Waals surface area contributed by atoms with E-state index in [-0.39, 0.29) is 12.0 Å². The smallest absolute Gasteiger partial charge is 0.248 e. The number of amides is 1. The van der Waals surface area contributed by atoms with Gasteiger partial charge < -0.3 is 15.4 Å². The summed E-state index contributed by atoms with van der Waals surface area (Å²) in [5.74, 6) is 0.478. The first-order valence-corrected chi connectivity index (χ1v) is 8.51. The maximum absolute atomic E-state index is 11.2. The van der Waals surface area contributed by atoms with Crippen molar-refractivity contribution in [2.75, 3.05) is 39.8 Å². The van der Waals surface area contributed by atoms with Gasteiger partial charge in [0.15, 0.2) is 0 Å². The Labute approximate surface area is 138 Å². The largest absolute Gasteiger partial charge is 0.374 e. The number of primary amides is 1. The number of hydrogen-bond donors (Lipinski definition) is 1. The Bertz CT molecular complexity index is 528. The molecule has 3 rings (SSSR count). The molecule has 1 saturated heterocycles. The molecule has 1 atom stereocenters. The van der Waals surface area contributed by atoms with Crippen molar-refractivity contribution in [3.05, 3.63) is 35.4 Å². The third-order valence-corrected chi connectivity index (χ3v) is 4.66. The molecule has 0 bridgehead atoms. The lowest BCUT2D eigenvalue weighted by molar-refractivity contribution is -0.0372. The molecule has 1 heterocycles. The van der Waals surface area contributed by atoms with Crippen molar-refractivity contribution in [3.63, 3.8) is 0 Å². The molecule has 0 radical (unpaired) electrons. The molecule has 2 aliphatic rings. The summed E-state index contributed by atoms with van der Waals surface area (Å²) in [5, 5.41) is 0. The number of rotatable bonds is 7. The van der Waals surface area contributed by atoms with Gasteiger partial charge in [-0.25, -0.2) is 0 Å². The van der Waals surface area contributed by atoms with Crippen molar-refractivity contribution in [1.29, 1.82) is 0 Å². The normalized spacial score (nSPS) is 22.4. The molecule has 1 aromatic carbocycles. The molecular formula is C18H27N3O2. The number of carbonyl (C=O) groups is 1. The van der Waals surface area contributed by atoms with Crippen LogP contribution in [0.25, 0.3) is 0 Å². The maximum Gasteiger partial charge on any atom is 0.248 e. The number of nitrogens with two attached hydrogens (primary N) is 1. The molecule has 0 unspecified atom stereocenters. The first-order chi connectivity index (χ1) is 11.1. The fourth-order valence-electron chi connectivity index (χ4n) is 3.17. The molecular weight excluding hydrogens is 290 g/mol. The second-order valence-corrected chi connectivity index (χ2v) is 6.95. The van der Waals surface area contributed by atoms with Gasteiger partial charge in [-0.2, -0.15) is 0 Å². The maximum atomic E-state index is 11.2. The molecule has 23 heavy (non-hydrogen) atoms. The summed E-state index contributed by atoms with van der Waals surface area (Å²) in [6.07, 6.45) is 2.99. The summed E-state index contributed by atoms with van der Waals surface area (Å²) < 4.78 is 5.92. The van der Waals surface area contributed by atoms with E-state index in [0.29, 0.717) is 5.56 Å². The quantitative estimate of drug-likeness (QED) is 0.824. The van der Waals surface area contributed by atoms with Crippen LogP contribution in [-0.2, 0) is 11.3 Å². The second kappa shape index (κ2) is 7.43. The molecule has 0 spiro atoms. The number of morpholine rings is 1. The Hall–Kier alpha value is -1.43. The zero-order valence-corrected chi connectivity index (χ0v) is 13.9. The van der Waals surface area contributed by atoms with Crippen molar-refractivity contribution in [2.24, 2.45) is 11.7 Å². The van der Waals surface area contributed by atoms with Gasteiger partial charge in [0.05, 0.1) is 12.7 Å². The number of hydrogen-bond acceptors (Lipinski definition) is 4. The molecule has 0 aromatic heterocycles. The summed E-state index contributed by atoms with van der Waals surface area (Å²) in [5.41, 5.74) is 7.10. The molecule has 1 aliphatic carbocycles. The minimum absolute atomic E-state index is 0.289. The molecule has 2 fully saturated rings. The first kappa shape index (κ1) is 16.4. The Kier molecular flexibility index (Phi) is 5.30. The molecule has 1 saturated carbocycles. The number of ether oxygens (including phenoxy) is 1. The van der Waals surface area contributed by atoms with Crippen LogP contribution in [0.4, 0.5) is 0 Å². The van der Waals surface area contributed by atoms with Gasteiger partial charge in [0.1, 0.15) is 0 Å². The predicted molar refractivity (Wildman–Crippen MR) is 90.2 cm³/mol. The van der Waals surface area contributed by atoms with E-state index in [1.54, 1.807) is 0 Å². The molecule has 2 N–H and O–H groups in total. The SMILES string of the molecule is CN1CCO[C@H](CN(Cc2ccc(C(N)=O)cc2)CC2CC2)C1. The van der Waals surface area contributed by atoms with Gasteiger partial charge in [0.2, 0.25) is 5.91 Å². The second-order valence-electron chi connectivity index (χ2n) is 6.95. The number of nitrogens with zero attached hydrogens (tertiary/aromatic N) is 2. The standard InChI is InChI=1S/C18H27N3O2/c1-20-8-9-23-17(12-20)13-21(10-14-2-3-14)11-15-4-6-16(7-5-15)18(19)22/h4-7,14,17H,2-3,8-13H2,1H3,(H2,19,22)/t17-/m0/s1. The number of carbonyl (C=O) groups excluding carboxylic acids is 1. The highest BCUT2D eigenvalue weighted by Gasteiger charge is 2.27. The lowest BCUT2D eigenvalue weighted by atomic mass is 10.1. The minimum atomic E-state index is -0.370. The monoisotopic (exact) mass is 317 g/mol. The topological polar surface area (TPSA) is 58.8 Å². The molecule has 5 heteroatoms. The summed E-state index contributed by atoms with van der Waals surface area (Å²) in [6, 6.07) is 7.65. The van der Waals surface area contributed by atoms with E-state index in [0.717, 1.165) is 45.2 Å². The van der Waals surface area contributed by atoms with E-state index in [1.807, 2.05) is 24.3 Å². The van der Waals surface area contributed by atoms with Crippen LogP contribution in [0, 0.1) is 5.92 Å². The van der Waals surface area contributed by atoms with Crippen molar-refractivity contribution >= 4 is 5.91 Å². The van der Waals surface area contributed by atoms with E-state index < -0.39 is 0 Å². The summed E-state index contributed by atoms with van der Waals surface area (Å²) in [6.45, 7) is 5.86. The highest BCUT2D eigenvalue weighted by molar-refractivity contribution is 5.92. The summed E-state index contributed by atoms with van der Waals surface area (Å²) in [7, 11) is 2.16. The predicted octanol–water partition coefficient (Wildman–Crippen LogP) is 1.33. The van der Waals surface area contributed by atoms with Crippen LogP contribution < -0.4 is 5.73 Å².